The van der Waals surface area contributed by atoms with Crippen molar-refractivity contribution in [3.8, 4) is 0 Å². The molecule has 0 unspecified atom stereocenters. The number of ether oxygens (including phenoxy) is 1. The van der Waals surface area contributed by atoms with E-state index in [4.69, 9.17) is 34.9 Å². The van der Waals surface area contributed by atoms with Gasteiger partial charge in [-0.25, -0.2) is 0 Å². The normalized spacial score (nSPS) is 10.2. The van der Waals surface area contributed by atoms with Crippen molar-refractivity contribution in [1.29, 1.82) is 0 Å². The fraction of sp³-hybridized carbons (Fsp3) is 0.812. The fourth-order valence-electron chi connectivity index (χ4n) is 2.07. The molecule has 0 bridgehead atoms. The number of nitrogens with one attached hydrogen (secondary N) is 1. The van der Waals surface area contributed by atoms with E-state index in [1.165, 1.54) is 44.9 Å². The predicted molar refractivity (Wildman–Crippen MR) is 100 cm³/mol. The highest BCUT2D eigenvalue weighted by Gasteiger charge is 2.03. The van der Waals surface area contributed by atoms with Crippen LogP contribution >= 0.6 is 24.4 Å². The Morgan fingerprint density at radius 3 is 2.09 bits per heavy atom. The summed E-state index contributed by atoms with van der Waals surface area (Å²) in [6.45, 7) is 2.97. The Bertz CT molecular complexity index is 336. The Hall–Kier alpha value is -0.750. The lowest BCUT2D eigenvalue weighted by molar-refractivity contribution is -0.143. The molecule has 0 aliphatic rings. The molecular formula is C16H30N2O2S2. The Balaban J connectivity index is 3.29. The number of carbonyl (C=O) groups is 1. The highest BCUT2D eigenvalue weighted by atomic mass is 32.1. The van der Waals surface area contributed by atoms with Gasteiger partial charge in [0.15, 0.2) is 0 Å². The minimum absolute atomic E-state index is 0.147. The Kier molecular flexibility index (Phi) is 14.6. The van der Waals surface area contributed by atoms with Gasteiger partial charge in [0, 0.05) is 13.0 Å². The van der Waals surface area contributed by atoms with Gasteiger partial charge < -0.3 is 15.8 Å². The average Bonchev–Trinajstić information content (AvgIpc) is 2.49. The van der Waals surface area contributed by atoms with Crippen LogP contribution in [0.3, 0.4) is 0 Å². The Morgan fingerprint density at radius 2 is 1.55 bits per heavy atom. The van der Waals surface area contributed by atoms with Crippen LogP contribution in [0.25, 0.3) is 0 Å². The Morgan fingerprint density at radius 1 is 1.00 bits per heavy atom. The number of carbonyl (C=O) groups excluding carboxylic acids is 1. The maximum absolute atomic E-state index is 11.5. The number of hydrogen-bond donors (Lipinski definition) is 2. The average molecular weight is 347 g/mol. The molecule has 128 valence electrons. The maximum atomic E-state index is 11.5. The summed E-state index contributed by atoms with van der Waals surface area (Å²) in [7, 11) is 0. The third-order valence-electron chi connectivity index (χ3n) is 3.36. The minimum atomic E-state index is -0.147. The van der Waals surface area contributed by atoms with E-state index in [9.17, 15) is 4.79 Å². The summed E-state index contributed by atoms with van der Waals surface area (Å²) in [5.41, 5.74) is 5.34. The number of thiocarbonyl (C=S) groups is 2. The highest BCUT2D eigenvalue weighted by Crippen LogP contribution is 2.10. The van der Waals surface area contributed by atoms with E-state index in [0.29, 0.717) is 24.6 Å². The molecule has 0 fully saturated rings. The molecule has 0 amide bonds. The van der Waals surface area contributed by atoms with Crippen LogP contribution in [0.5, 0.6) is 0 Å². The van der Waals surface area contributed by atoms with E-state index in [-0.39, 0.29) is 11.0 Å². The molecule has 0 rings (SSSR count). The van der Waals surface area contributed by atoms with Gasteiger partial charge >= 0.3 is 5.97 Å². The summed E-state index contributed by atoms with van der Waals surface area (Å²) >= 11 is 9.59. The van der Waals surface area contributed by atoms with Crippen LogP contribution in [-0.4, -0.2) is 29.1 Å². The van der Waals surface area contributed by atoms with Gasteiger partial charge in [0.2, 0.25) is 0 Å². The van der Waals surface area contributed by atoms with Crippen molar-refractivity contribution in [3.63, 3.8) is 0 Å². The molecule has 0 heterocycles. The van der Waals surface area contributed by atoms with Crippen molar-refractivity contribution in [2.75, 3.05) is 13.2 Å². The van der Waals surface area contributed by atoms with Gasteiger partial charge in [0.25, 0.3) is 0 Å². The van der Waals surface area contributed by atoms with Crippen LogP contribution in [0.4, 0.5) is 0 Å². The lowest BCUT2D eigenvalue weighted by Crippen LogP contribution is -2.35. The molecule has 0 saturated carbocycles. The second kappa shape index (κ2) is 15.2. The fourth-order valence-corrected chi connectivity index (χ4v) is 2.24. The Labute approximate surface area is 145 Å². The van der Waals surface area contributed by atoms with Crippen molar-refractivity contribution in [3.05, 3.63) is 0 Å². The molecule has 0 aromatic rings. The summed E-state index contributed by atoms with van der Waals surface area (Å²) in [5, 5.41) is 2.83. The van der Waals surface area contributed by atoms with Gasteiger partial charge in [-0.05, 0) is 6.42 Å². The molecular weight excluding hydrogens is 316 g/mol. The first kappa shape index (κ1) is 21.2. The van der Waals surface area contributed by atoms with E-state index in [1.807, 2.05) is 0 Å². The summed E-state index contributed by atoms with van der Waals surface area (Å²) in [5.74, 6) is -0.147. The van der Waals surface area contributed by atoms with E-state index in [1.54, 1.807) is 0 Å². The quantitative estimate of drug-likeness (QED) is 0.301. The summed E-state index contributed by atoms with van der Waals surface area (Å²) in [6.07, 6.45) is 11.7. The molecule has 0 saturated heterocycles. The van der Waals surface area contributed by atoms with Crippen molar-refractivity contribution >= 4 is 40.4 Å². The van der Waals surface area contributed by atoms with E-state index in [2.05, 4.69) is 12.2 Å². The monoisotopic (exact) mass is 346 g/mol. The number of hydrogen-bond acceptors (Lipinski definition) is 4. The van der Waals surface area contributed by atoms with E-state index in [0.717, 1.165) is 12.8 Å². The van der Waals surface area contributed by atoms with Crippen molar-refractivity contribution in [2.45, 2.75) is 71.1 Å². The first-order valence-electron chi connectivity index (χ1n) is 8.31. The number of esters is 1. The smallest absolute Gasteiger partial charge is 0.305 e. The zero-order valence-electron chi connectivity index (χ0n) is 13.7. The van der Waals surface area contributed by atoms with Gasteiger partial charge in [-0.2, -0.15) is 0 Å². The zero-order chi connectivity index (χ0) is 16.6. The van der Waals surface area contributed by atoms with Crippen molar-refractivity contribution in [2.24, 2.45) is 5.73 Å². The van der Waals surface area contributed by atoms with Crippen molar-refractivity contribution < 1.29 is 9.53 Å². The lowest BCUT2D eigenvalue weighted by Gasteiger charge is -2.07. The van der Waals surface area contributed by atoms with Gasteiger partial charge in [-0.15, -0.1) is 0 Å². The van der Waals surface area contributed by atoms with Crippen LogP contribution in [0.15, 0.2) is 0 Å². The molecule has 0 aliphatic carbocycles. The van der Waals surface area contributed by atoms with Crippen LogP contribution in [0, 0.1) is 0 Å². The van der Waals surface area contributed by atoms with E-state index >= 15 is 0 Å². The van der Waals surface area contributed by atoms with Crippen LogP contribution < -0.4 is 11.1 Å². The molecule has 0 spiro atoms. The number of unbranched alkanes of at least 4 members (excludes halogenated alkanes) is 8. The number of rotatable bonds is 13. The largest absolute Gasteiger partial charge is 0.464 e. The van der Waals surface area contributed by atoms with Gasteiger partial charge in [0.1, 0.15) is 16.6 Å². The van der Waals surface area contributed by atoms with Gasteiger partial charge in [-0.3, -0.25) is 4.79 Å². The molecule has 3 N–H and O–H groups in total. The molecule has 4 nitrogen and oxygen atoms in total. The van der Waals surface area contributed by atoms with Crippen LogP contribution in [-0.2, 0) is 9.53 Å². The van der Waals surface area contributed by atoms with Crippen LogP contribution in [0.2, 0.25) is 0 Å². The second-order valence-electron chi connectivity index (χ2n) is 5.42. The third kappa shape index (κ3) is 14.2. The third-order valence-corrected chi connectivity index (χ3v) is 4.06. The summed E-state index contributed by atoms with van der Waals surface area (Å²) < 4.78 is 5.10. The van der Waals surface area contributed by atoms with Crippen molar-refractivity contribution in [1.82, 2.24) is 5.32 Å². The minimum Gasteiger partial charge on any atom is -0.464 e. The van der Waals surface area contributed by atoms with Gasteiger partial charge in [-0.1, -0.05) is 82.7 Å². The molecule has 6 heteroatoms. The second-order valence-corrected chi connectivity index (χ2v) is 6.27. The summed E-state index contributed by atoms with van der Waals surface area (Å²) in [6, 6.07) is 0. The first-order chi connectivity index (χ1) is 10.6. The standard InChI is InChI=1S/C16H30N2O2S2/c1-2-3-4-5-6-7-8-9-10-11-14(19)20-13-12-18-16(22)15(17)21/h2-13H2,1H3,(H2,17,21)(H,18,22). The molecule has 0 aliphatic heterocycles. The molecule has 0 radical (unpaired) electrons. The van der Waals surface area contributed by atoms with Crippen LogP contribution in [0.1, 0.15) is 71.1 Å². The topological polar surface area (TPSA) is 64.3 Å². The molecule has 0 aromatic heterocycles. The molecule has 0 aromatic carbocycles. The number of nitrogens with two attached hydrogens (primary N) is 1. The van der Waals surface area contributed by atoms with E-state index < -0.39 is 0 Å². The summed E-state index contributed by atoms with van der Waals surface area (Å²) in [4.78, 5) is 12.0. The first-order valence-corrected chi connectivity index (χ1v) is 9.12. The zero-order valence-corrected chi connectivity index (χ0v) is 15.3. The lowest BCUT2D eigenvalue weighted by atomic mass is 10.1. The SMILES string of the molecule is CCCCCCCCCCCC(=O)OCCNC(=S)C(N)=S. The van der Waals surface area contributed by atoms with Gasteiger partial charge in [0.05, 0.1) is 0 Å². The predicted octanol–water partition coefficient (Wildman–Crippen LogP) is 3.65. The maximum Gasteiger partial charge on any atom is 0.305 e. The molecule has 0 atom stereocenters. The molecule has 22 heavy (non-hydrogen) atoms. The highest BCUT2D eigenvalue weighted by molar-refractivity contribution is 7.89.